The zero-order valence-corrected chi connectivity index (χ0v) is 12.6. The number of hydrogen-bond donors (Lipinski definition) is 2. The average molecular weight is 312 g/mol. The maximum Gasteiger partial charge on any atom is 0.387 e. The fourth-order valence-electron chi connectivity index (χ4n) is 2.72. The Balaban J connectivity index is 1.76. The van der Waals surface area contributed by atoms with Crippen LogP contribution in [0.25, 0.3) is 0 Å². The fourth-order valence-corrected chi connectivity index (χ4v) is 2.72. The van der Waals surface area contributed by atoms with E-state index in [1.165, 1.54) is 18.6 Å². The number of halogens is 2. The standard InChI is InChI=1S/C16H22F2N2O2/c1-11-4-2-3-5-14(11)20-16(21)19-10-12-6-8-13(9-7-12)22-15(17)18/h6-9,11,14-15H,2-5,10H2,1H3,(H2,19,20,21). The molecular weight excluding hydrogens is 290 g/mol. The van der Waals surface area contributed by atoms with Crippen molar-refractivity contribution in [3.8, 4) is 5.75 Å². The minimum absolute atomic E-state index is 0.110. The summed E-state index contributed by atoms with van der Waals surface area (Å²) >= 11 is 0. The number of nitrogens with one attached hydrogen (secondary N) is 2. The second-order valence-corrected chi connectivity index (χ2v) is 5.72. The van der Waals surface area contributed by atoms with Crippen molar-refractivity contribution >= 4 is 6.03 Å². The molecule has 6 heteroatoms. The van der Waals surface area contributed by atoms with Crippen molar-refractivity contribution in [3.63, 3.8) is 0 Å². The molecule has 1 aromatic rings. The Morgan fingerprint density at radius 3 is 2.59 bits per heavy atom. The highest BCUT2D eigenvalue weighted by Gasteiger charge is 2.22. The Bertz CT molecular complexity index is 480. The summed E-state index contributed by atoms with van der Waals surface area (Å²) in [5, 5.41) is 5.79. The van der Waals surface area contributed by atoms with Gasteiger partial charge in [-0.2, -0.15) is 8.78 Å². The van der Waals surface area contributed by atoms with Gasteiger partial charge in [0.15, 0.2) is 0 Å². The molecule has 22 heavy (non-hydrogen) atoms. The number of benzene rings is 1. The SMILES string of the molecule is CC1CCCCC1NC(=O)NCc1ccc(OC(F)F)cc1. The van der Waals surface area contributed by atoms with Gasteiger partial charge in [-0.1, -0.05) is 31.9 Å². The van der Waals surface area contributed by atoms with Gasteiger partial charge in [-0.3, -0.25) is 0 Å². The third kappa shape index (κ3) is 5.16. The number of ether oxygens (including phenoxy) is 1. The zero-order valence-electron chi connectivity index (χ0n) is 12.6. The maximum atomic E-state index is 12.0. The van der Waals surface area contributed by atoms with Gasteiger partial charge in [-0.05, 0) is 36.5 Å². The molecule has 1 aliphatic rings. The fraction of sp³-hybridized carbons (Fsp3) is 0.562. The van der Waals surface area contributed by atoms with Crippen LogP contribution in [0, 0.1) is 5.92 Å². The molecular formula is C16H22F2N2O2. The monoisotopic (exact) mass is 312 g/mol. The van der Waals surface area contributed by atoms with Crippen LogP contribution < -0.4 is 15.4 Å². The van der Waals surface area contributed by atoms with Crippen molar-refractivity contribution in [3.05, 3.63) is 29.8 Å². The Hall–Kier alpha value is -1.85. The van der Waals surface area contributed by atoms with Gasteiger partial charge in [0.1, 0.15) is 5.75 Å². The summed E-state index contributed by atoms with van der Waals surface area (Å²) in [6.45, 7) is -0.319. The minimum atomic E-state index is -2.83. The van der Waals surface area contributed by atoms with E-state index in [1.54, 1.807) is 12.1 Å². The molecule has 1 aliphatic carbocycles. The van der Waals surface area contributed by atoms with Crippen LogP contribution in [-0.4, -0.2) is 18.7 Å². The molecule has 1 aromatic carbocycles. The van der Waals surface area contributed by atoms with Crippen LogP contribution in [0.2, 0.25) is 0 Å². The quantitative estimate of drug-likeness (QED) is 0.871. The van der Waals surface area contributed by atoms with Crippen molar-refractivity contribution in [2.45, 2.75) is 51.8 Å². The summed E-state index contributed by atoms with van der Waals surface area (Å²) in [6, 6.07) is 6.28. The molecule has 1 fully saturated rings. The summed E-state index contributed by atoms with van der Waals surface area (Å²) < 4.78 is 28.4. The van der Waals surface area contributed by atoms with Crippen molar-refractivity contribution in [1.82, 2.24) is 10.6 Å². The van der Waals surface area contributed by atoms with Crippen LogP contribution in [0.15, 0.2) is 24.3 Å². The second kappa shape index (κ2) is 7.96. The lowest BCUT2D eigenvalue weighted by Crippen LogP contribution is -2.45. The van der Waals surface area contributed by atoms with Crippen LogP contribution in [0.4, 0.5) is 13.6 Å². The first-order valence-corrected chi connectivity index (χ1v) is 7.62. The van der Waals surface area contributed by atoms with Crippen molar-refractivity contribution < 1.29 is 18.3 Å². The third-order valence-electron chi connectivity index (χ3n) is 4.03. The lowest BCUT2D eigenvalue weighted by molar-refractivity contribution is -0.0498. The van der Waals surface area contributed by atoms with E-state index < -0.39 is 6.61 Å². The molecule has 0 aromatic heterocycles. The molecule has 0 radical (unpaired) electrons. The predicted octanol–water partition coefficient (Wildman–Crippen LogP) is 3.67. The Morgan fingerprint density at radius 2 is 1.95 bits per heavy atom. The van der Waals surface area contributed by atoms with Crippen LogP contribution in [0.5, 0.6) is 5.75 Å². The van der Waals surface area contributed by atoms with Crippen LogP contribution in [0.3, 0.4) is 0 Å². The largest absolute Gasteiger partial charge is 0.435 e. The van der Waals surface area contributed by atoms with Gasteiger partial charge in [-0.15, -0.1) is 0 Å². The molecule has 2 atom stereocenters. The molecule has 2 N–H and O–H groups in total. The number of carbonyl (C=O) groups is 1. The highest BCUT2D eigenvalue weighted by molar-refractivity contribution is 5.74. The van der Waals surface area contributed by atoms with E-state index in [0.717, 1.165) is 24.8 Å². The third-order valence-corrected chi connectivity index (χ3v) is 4.03. The van der Waals surface area contributed by atoms with E-state index in [4.69, 9.17) is 0 Å². The molecule has 4 nitrogen and oxygen atoms in total. The molecule has 2 rings (SSSR count). The van der Waals surface area contributed by atoms with Gasteiger partial charge >= 0.3 is 12.6 Å². The summed E-state index contributed by atoms with van der Waals surface area (Å²) in [5.41, 5.74) is 0.827. The lowest BCUT2D eigenvalue weighted by Gasteiger charge is -2.29. The van der Waals surface area contributed by atoms with E-state index in [-0.39, 0.29) is 17.8 Å². The average Bonchev–Trinajstić information content (AvgIpc) is 2.48. The predicted molar refractivity (Wildman–Crippen MR) is 79.9 cm³/mol. The van der Waals surface area contributed by atoms with E-state index in [1.807, 2.05) is 0 Å². The molecule has 1 saturated carbocycles. The molecule has 122 valence electrons. The number of hydrogen-bond acceptors (Lipinski definition) is 2. The van der Waals surface area contributed by atoms with Gasteiger partial charge in [0.05, 0.1) is 0 Å². The van der Waals surface area contributed by atoms with E-state index in [2.05, 4.69) is 22.3 Å². The van der Waals surface area contributed by atoms with E-state index in [9.17, 15) is 13.6 Å². The normalized spacial score (nSPS) is 21.5. The van der Waals surface area contributed by atoms with Gasteiger partial charge < -0.3 is 15.4 Å². The first-order chi connectivity index (χ1) is 10.5. The lowest BCUT2D eigenvalue weighted by atomic mass is 9.86. The summed E-state index contributed by atoms with van der Waals surface area (Å²) in [5.74, 6) is 0.615. The molecule has 0 bridgehead atoms. The van der Waals surface area contributed by atoms with Crippen molar-refractivity contribution in [2.75, 3.05) is 0 Å². The topological polar surface area (TPSA) is 50.4 Å². The smallest absolute Gasteiger partial charge is 0.387 e. The summed E-state index contributed by atoms with van der Waals surface area (Å²) in [7, 11) is 0. The molecule has 0 saturated heterocycles. The zero-order chi connectivity index (χ0) is 15.9. The van der Waals surface area contributed by atoms with Crippen molar-refractivity contribution in [1.29, 1.82) is 0 Å². The first-order valence-electron chi connectivity index (χ1n) is 7.62. The maximum absolute atomic E-state index is 12.0. The molecule has 0 aliphatic heterocycles. The van der Waals surface area contributed by atoms with Gasteiger partial charge in [0.2, 0.25) is 0 Å². The minimum Gasteiger partial charge on any atom is -0.435 e. The van der Waals surface area contributed by atoms with Crippen LogP contribution >= 0.6 is 0 Å². The Morgan fingerprint density at radius 1 is 1.27 bits per heavy atom. The number of carbonyl (C=O) groups excluding carboxylic acids is 1. The summed E-state index contributed by atoms with van der Waals surface area (Å²) in [6.07, 6.45) is 4.56. The molecule has 0 spiro atoms. The van der Waals surface area contributed by atoms with Gasteiger partial charge in [0.25, 0.3) is 0 Å². The van der Waals surface area contributed by atoms with Crippen LogP contribution in [-0.2, 0) is 6.54 Å². The van der Waals surface area contributed by atoms with Crippen LogP contribution in [0.1, 0.15) is 38.2 Å². The summed E-state index contributed by atoms with van der Waals surface area (Å²) in [4.78, 5) is 11.9. The van der Waals surface area contributed by atoms with E-state index in [0.29, 0.717) is 12.5 Å². The Kier molecular flexibility index (Phi) is 5.98. The number of alkyl halides is 2. The van der Waals surface area contributed by atoms with Gasteiger partial charge in [0, 0.05) is 12.6 Å². The number of urea groups is 1. The second-order valence-electron chi connectivity index (χ2n) is 5.72. The number of rotatable bonds is 5. The first kappa shape index (κ1) is 16.5. The highest BCUT2D eigenvalue weighted by Crippen LogP contribution is 2.23. The van der Waals surface area contributed by atoms with Crippen molar-refractivity contribution in [2.24, 2.45) is 5.92 Å². The molecule has 2 amide bonds. The van der Waals surface area contributed by atoms with Gasteiger partial charge in [-0.25, -0.2) is 4.79 Å². The van der Waals surface area contributed by atoms with E-state index >= 15 is 0 Å². The molecule has 2 unspecified atom stereocenters. The Labute approximate surface area is 129 Å². The molecule has 0 heterocycles. The number of amides is 2. The highest BCUT2D eigenvalue weighted by atomic mass is 19.3.